The van der Waals surface area contributed by atoms with E-state index >= 15 is 0 Å². The van der Waals surface area contributed by atoms with E-state index in [1.165, 1.54) is 11.1 Å². The second kappa shape index (κ2) is 11.3. The highest BCUT2D eigenvalue weighted by Crippen LogP contribution is 2.26. The predicted molar refractivity (Wildman–Crippen MR) is 123 cm³/mol. The van der Waals surface area contributed by atoms with Gasteiger partial charge in [0.2, 0.25) is 0 Å². The Hall–Kier alpha value is -1.64. The third-order valence-corrected chi connectivity index (χ3v) is 4.51. The molecule has 0 aliphatic carbocycles. The van der Waals surface area contributed by atoms with Crippen LogP contribution in [0.5, 0.6) is 0 Å². The van der Waals surface area contributed by atoms with Crippen LogP contribution in [0, 0.1) is 6.92 Å². The van der Waals surface area contributed by atoms with E-state index in [2.05, 4.69) is 84.3 Å². The van der Waals surface area contributed by atoms with Gasteiger partial charge < -0.3 is 15.2 Å². The average molecular weight is 484 g/mol. The van der Waals surface area contributed by atoms with E-state index in [1.54, 1.807) is 6.33 Å². The first kappa shape index (κ1) is 23.4. The molecule has 1 aromatic carbocycles. The van der Waals surface area contributed by atoms with Crippen LogP contribution in [0.4, 0.5) is 0 Å². The summed E-state index contributed by atoms with van der Waals surface area (Å²) < 4.78 is 2.08. The molecular formula is C20H33IN6. The first-order valence-electron chi connectivity index (χ1n) is 9.43. The molecule has 0 saturated carbocycles. The summed E-state index contributed by atoms with van der Waals surface area (Å²) in [6.07, 6.45) is 2.67. The van der Waals surface area contributed by atoms with Crippen molar-refractivity contribution in [2.75, 3.05) is 19.6 Å². The maximum atomic E-state index is 4.82. The number of halogens is 1. The fourth-order valence-electron chi connectivity index (χ4n) is 3.07. The van der Waals surface area contributed by atoms with Gasteiger partial charge in [0.1, 0.15) is 12.2 Å². The molecule has 0 unspecified atom stereocenters. The molecule has 0 aliphatic heterocycles. The lowest BCUT2D eigenvalue weighted by Gasteiger charge is -2.25. The standard InChI is InChI=1S/C20H32N6.HI/c1-6-18-25-24-15-26(18)13-12-22-19(21-7-2)23-14-20(4,5)17-11-9-8-10-16(17)3;/h8-11,15H,6-7,12-14H2,1-5H3,(H2,21,22,23);1H. The lowest BCUT2D eigenvalue weighted by Crippen LogP contribution is -2.40. The number of aryl methyl sites for hydroxylation is 2. The molecule has 0 aliphatic rings. The maximum Gasteiger partial charge on any atom is 0.191 e. The van der Waals surface area contributed by atoms with Gasteiger partial charge in [-0.25, -0.2) is 0 Å². The third-order valence-electron chi connectivity index (χ3n) is 4.51. The summed E-state index contributed by atoms with van der Waals surface area (Å²) in [6.45, 7) is 14.0. The molecule has 2 rings (SSSR count). The lowest BCUT2D eigenvalue weighted by molar-refractivity contribution is 0.533. The van der Waals surface area contributed by atoms with Crippen LogP contribution < -0.4 is 10.6 Å². The largest absolute Gasteiger partial charge is 0.357 e. The van der Waals surface area contributed by atoms with Crippen molar-refractivity contribution in [3.05, 3.63) is 47.5 Å². The molecule has 0 amide bonds. The second-order valence-electron chi connectivity index (χ2n) is 7.11. The summed E-state index contributed by atoms with van der Waals surface area (Å²) in [5, 5.41) is 14.8. The van der Waals surface area contributed by atoms with Crippen LogP contribution in [-0.4, -0.2) is 40.4 Å². The van der Waals surface area contributed by atoms with Gasteiger partial charge in [-0.2, -0.15) is 0 Å². The van der Waals surface area contributed by atoms with Crippen molar-refractivity contribution in [2.24, 2.45) is 4.99 Å². The zero-order chi connectivity index (χ0) is 19.0. The minimum absolute atomic E-state index is 0. The molecule has 0 atom stereocenters. The lowest BCUT2D eigenvalue weighted by atomic mass is 9.82. The van der Waals surface area contributed by atoms with Crippen LogP contribution in [-0.2, 0) is 18.4 Å². The minimum Gasteiger partial charge on any atom is -0.357 e. The van der Waals surface area contributed by atoms with Gasteiger partial charge in [-0.1, -0.05) is 45.0 Å². The van der Waals surface area contributed by atoms with E-state index in [9.17, 15) is 0 Å². The van der Waals surface area contributed by atoms with Gasteiger partial charge in [0.05, 0.1) is 6.54 Å². The van der Waals surface area contributed by atoms with Crippen molar-refractivity contribution in [1.82, 2.24) is 25.4 Å². The summed E-state index contributed by atoms with van der Waals surface area (Å²) >= 11 is 0. The Morgan fingerprint density at radius 1 is 1.19 bits per heavy atom. The molecule has 0 bridgehead atoms. The van der Waals surface area contributed by atoms with Gasteiger partial charge in [0.15, 0.2) is 5.96 Å². The molecule has 2 N–H and O–H groups in total. The zero-order valence-electron chi connectivity index (χ0n) is 17.1. The third kappa shape index (κ3) is 6.79. The van der Waals surface area contributed by atoms with E-state index in [0.29, 0.717) is 0 Å². The highest BCUT2D eigenvalue weighted by Gasteiger charge is 2.22. The minimum atomic E-state index is -0.0165. The maximum absolute atomic E-state index is 4.82. The molecule has 150 valence electrons. The second-order valence-corrected chi connectivity index (χ2v) is 7.11. The van der Waals surface area contributed by atoms with Crippen LogP contribution in [0.15, 0.2) is 35.6 Å². The van der Waals surface area contributed by atoms with E-state index < -0.39 is 0 Å². The van der Waals surface area contributed by atoms with Crippen LogP contribution in [0.25, 0.3) is 0 Å². The summed E-state index contributed by atoms with van der Waals surface area (Å²) in [6, 6.07) is 8.54. The van der Waals surface area contributed by atoms with Crippen LogP contribution in [0.2, 0.25) is 0 Å². The van der Waals surface area contributed by atoms with Crippen molar-refractivity contribution in [3.8, 4) is 0 Å². The number of benzene rings is 1. The number of rotatable bonds is 8. The Morgan fingerprint density at radius 3 is 2.59 bits per heavy atom. The first-order chi connectivity index (χ1) is 12.5. The zero-order valence-corrected chi connectivity index (χ0v) is 19.4. The van der Waals surface area contributed by atoms with Gasteiger partial charge in [0.25, 0.3) is 0 Å². The van der Waals surface area contributed by atoms with Crippen LogP contribution in [0.1, 0.15) is 44.6 Å². The summed E-state index contributed by atoms with van der Waals surface area (Å²) in [4.78, 5) is 4.82. The Bertz CT molecular complexity index is 723. The average Bonchev–Trinajstić information content (AvgIpc) is 3.07. The first-order valence-corrected chi connectivity index (χ1v) is 9.43. The van der Waals surface area contributed by atoms with Gasteiger partial charge >= 0.3 is 0 Å². The summed E-state index contributed by atoms with van der Waals surface area (Å²) in [5.74, 6) is 1.86. The van der Waals surface area contributed by atoms with Crippen molar-refractivity contribution in [3.63, 3.8) is 0 Å². The topological polar surface area (TPSA) is 67.1 Å². The number of aromatic nitrogens is 3. The molecule has 0 radical (unpaired) electrons. The molecule has 2 aromatic rings. The molecule has 6 nitrogen and oxygen atoms in total. The van der Waals surface area contributed by atoms with Crippen molar-refractivity contribution < 1.29 is 0 Å². The number of guanidine groups is 1. The van der Waals surface area contributed by atoms with Crippen LogP contribution in [0.3, 0.4) is 0 Å². The predicted octanol–water partition coefficient (Wildman–Crippen LogP) is 3.30. The van der Waals surface area contributed by atoms with Gasteiger partial charge in [-0.3, -0.25) is 4.99 Å². The monoisotopic (exact) mass is 484 g/mol. The quantitative estimate of drug-likeness (QED) is 0.343. The molecule has 1 aromatic heterocycles. The Kier molecular flexibility index (Phi) is 9.76. The number of nitrogens with zero attached hydrogens (tertiary/aromatic N) is 4. The fourth-order valence-corrected chi connectivity index (χ4v) is 3.07. The van der Waals surface area contributed by atoms with Gasteiger partial charge in [0, 0.05) is 31.5 Å². The Balaban J connectivity index is 0.00000364. The van der Waals surface area contributed by atoms with Crippen molar-refractivity contribution >= 4 is 29.9 Å². The van der Waals surface area contributed by atoms with E-state index in [1.807, 2.05) is 0 Å². The SMILES string of the molecule is CCNC(=NCC(C)(C)c1ccccc1C)NCCn1cnnc1CC.I. The smallest absolute Gasteiger partial charge is 0.191 e. The van der Waals surface area contributed by atoms with E-state index in [0.717, 1.165) is 44.4 Å². The number of hydrogen-bond acceptors (Lipinski definition) is 3. The normalized spacial score (nSPS) is 11.8. The molecule has 0 saturated heterocycles. The Labute approximate surface area is 180 Å². The van der Waals surface area contributed by atoms with Gasteiger partial charge in [-0.15, -0.1) is 34.2 Å². The molecule has 0 spiro atoms. The summed E-state index contributed by atoms with van der Waals surface area (Å²) in [5.41, 5.74) is 2.64. The van der Waals surface area contributed by atoms with Crippen molar-refractivity contribution in [1.29, 1.82) is 0 Å². The van der Waals surface area contributed by atoms with E-state index in [-0.39, 0.29) is 29.4 Å². The molecule has 27 heavy (non-hydrogen) atoms. The van der Waals surface area contributed by atoms with Crippen LogP contribution >= 0.6 is 24.0 Å². The highest BCUT2D eigenvalue weighted by atomic mass is 127. The summed E-state index contributed by atoms with van der Waals surface area (Å²) in [7, 11) is 0. The highest BCUT2D eigenvalue weighted by molar-refractivity contribution is 14.0. The fraction of sp³-hybridized carbons (Fsp3) is 0.550. The molecule has 7 heteroatoms. The van der Waals surface area contributed by atoms with E-state index in [4.69, 9.17) is 4.99 Å². The number of hydrogen-bond donors (Lipinski definition) is 2. The molecular weight excluding hydrogens is 451 g/mol. The Morgan fingerprint density at radius 2 is 1.93 bits per heavy atom. The number of nitrogens with one attached hydrogen (secondary N) is 2. The molecule has 0 fully saturated rings. The van der Waals surface area contributed by atoms with Gasteiger partial charge in [-0.05, 0) is 25.0 Å². The number of aliphatic imine (C=N–C) groups is 1. The van der Waals surface area contributed by atoms with Crippen molar-refractivity contribution in [2.45, 2.75) is 53.0 Å². The molecule has 1 heterocycles.